The van der Waals surface area contributed by atoms with Crippen LogP contribution >= 0.6 is 0 Å². The average Bonchev–Trinajstić information content (AvgIpc) is 3.39. The van der Waals surface area contributed by atoms with E-state index in [0.717, 1.165) is 44.1 Å². The molecule has 1 aromatic rings. The van der Waals surface area contributed by atoms with Crippen LogP contribution in [0.3, 0.4) is 0 Å². The van der Waals surface area contributed by atoms with Crippen molar-refractivity contribution in [1.82, 2.24) is 5.32 Å². The second kappa shape index (κ2) is 9.35. The first-order valence-electron chi connectivity index (χ1n) is 11.4. The number of carbonyl (C=O) groups excluding carboxylic acids is 1. The third kappa shape index (κ3) is 4.82. The molecule has 0 radical (unpaired) electrons. The zero-order chi connectivity index (χ0) is 22.7. The molecule has 1 N–H and O–H groups in total. The van der Waals surface area contributed by atoms with Gasteiger partial charge in [0.2, 0.25) is 0 Å². The van der Waals surface area contributed by atoms with Crippen LogP contribution in [0, 0.1) is 17.7 Å². The summed E-state index contributed by atoms with van der Waals surface area (Å²) in [6.45, 7) is 6.92. The fourth-order valence-electron chi connectivity index (χ4n) is 5.19. The maximum Gasteiger partial charge on any atom is 0.407 e. The second-order valence-corrected chi connectivity index (χ2v) is 9.23. The molecule has 1 spiro atoms. The van der Waals surface area contributed by atoms with Crippen LogP contribution in [0.1, 0.15) is 51.0 Å². The summed E-state index contributed by atoms with van der Waals surface area (Å²) in [6, 6.07) is 4.81. The van der Waals surface area contributed by atoms with Gasteiger partial charge in [-0.1, -0.05) is 36.5 Å². The molecule has 170 valence electrons. The minimum absolute atomic E-state index is 0.204. The molecule has 2 aliphatic carbocycles. The van der Waals surface area contributed by atoms with Crippen molar-refractivity contribution in [1.29, 1.82) is 0 Å². The molecule has 0 unspecified atom stereocenters. The fourth-order valence-corrected chi connectivity index (χ4v) is 5.19. The molecule has 5 heteroatoms. The summed E-state index contributed by atoms with van der Waals surface area (Å²) in [6.07, 6.45) is 13.9. The van der Waals surface area contributed by atoms with Crippen LogP contribution in [-0.4, -0.2) is 25.3 Å². The van der Waals surface area contributed by atoms with Gasteiger partial charge in [0.15, 0.2) is 0 Å². The lowest BCUT2D eigenvalue weighted by Gasteiger charge is -2.26. The maximum atomic E-state index is 14.1. The summed E-state index contributed by atoms with van der Waals surface area (Å²) < 4.78 is 24.5. The smallest absolute Gasteiger partial charge is 0.407 e. The molecule has 1 aliphatic heterocycles. The Kier molecular flexibility index (Phi) is 6.54. The SMILES string of the molecule is C=C(/C=C1/CC[C@@H](/C=C/c2cc(OC)ccc2F)C/C1=C/C)[C@H]1CC[C@]2(COC(=O)N2)C1. The molecule has 32 heavy (non-hydrogen) atoms. The standard InChI is InChI=1S/C27H32FNO3/c1-4-20-14-19(6-8-22-15-24(31-3)9-10-25(22)28)5-7-21(20)13-18(2)23-11-12-27(16-23)17-32-26(30)29-27/h4,6,8-10,13,15,19,23H,2,5,7,11-12,14,16-17H2,1,3H3,(H,29,30)/b8-6+,20-4-,21-13-/t19-,23-,27+/m0/s1. The van der Waals surface area contributed by atoms with Crippen LogP contribution in [0.2, 0.25) is 0 Å². The van der Waals surface area contributed by atoms with Crippen molar-refractivity contribution in [3.8, 4) is 5.75 Å². The molecule has 4 nitrogen and oxygen atoms in total. The molecule has 1 saturated heterocycles. The molecule has 1 heterocycles. The molecule has 3 fully saturated rings. The number of ether oxygens (including phenoxy) is 2. The van der Waals surface area contributed by atoms with E-state index in [1.165, 1.54) is 17.2 Å². The number of hydrogen-bond donors (Lipinski definition) is 1. The number of hydrogen-bond acceptors (Lipinski definition) is 3. The van der Waals surface area contributed by atoms with Crippen LogP contribution < -0.4 is 10.1 Å². The lowest BCUT2D eigenvalue weighted by molar-refractivity contribution is 0.172. The quantitative estimate of drug-likeness (QED) is 0.583. The van der Waals surface area contributed by atoms with Gasteiger partial charge in [-0.25, -0.2) is 9.18 Å². The molecular weight excluding hydrogens is 405 g/mol. The maximum absolute atomic E-state index is 14.1. The van der Waals surface area contributed by atoms with Crippen LogP contribution in [0.15, 0.2) is 59.7 Å². The number of methoxy groups -OCH3 is 1. The van der Waals surface area contributed by atoms with Gasteiger partial charge < -0.3 is 14.8 Å². The van der Waals surface area contributed by atoms with E-state index < -0.39 is 0 Å². The topological polar surface area (TPSA) is 47.6 Å². The van der Waals surface area contributed by atoms with Gasteiger partial charge in [-0.15, -0.1) is 0 Å². The van der Waals surface area contributed by atoms with Crippen molar-refractivity contribution in [2.24, 2.45) is 11.8 Å². The number of rotatable bonds is 5. The number of nitrogens with one attached hydrogen (secondary N) is 1. The highest BCUT2D eigenvalue weighted by Crippen LogP contribution is 2.42. The molecule has 1 aromatic carbocycles. The number of amides is 1. The van der Waals surface area contributed by atoms with Gasteiger partial charge in [-0.3, -0.25) is 0 Å². The van der Waals surface area contributed by atoms with Crippen molar-refractivity contribution in [3.05, 3.63) is 71.1 Å². The summed E-state index contributed by atoms with van der Waals surface area (Å²) in [5.74, 6) is 1.17. The highest BCUT2D eigenvalue weighted by molar-refractivity contribution is 5.70. The molecule has 0 bridgehead atoms. The Balaban J connectivity index is 1.39. The Morgan fingerprint density at radius 3 is 2.91 bits per heavy atom. The highest BCUT2D eigenvalue weighted by Gasteiger charge is 2.46. The lowest BCUT2D eigenvalue weighted by Crippen LogP contribution is -2.40. The minimum atomic E-state index is -0.300. The van der Waals surface area contributed by atoms with Gasteiger partial charge in [0, 0.05) is 5.56 Å². The van der Waals surface area contributed by atoms with Crippen LogP contribution in [0.5, 0.6) is 5.75 Å². The summed E-state index contributed by atoms with van der Waals surface area (Å²) in [4.78, 5) is 11.5. The first-order valence-corrected chi connectivity index (χ1v) is 11.4. The van der Waals surface area contributed by atoms with Gasteiger partial charge in [0.05, 0.1) is 12.6 Å². The fraction of sp³-hybridized carbons (Fsp3) is 0.444. The Bertz CT molecular complexity index is 993. The number of allylic oxidation sites excluding steroid dienone is 6. The molecule has 4 rings (SSSR count). The molecule has 1 amide bonds. The van der Waals surface area contributed by atoms with E-state index in [-0.39, 0.29) is 17.4 Å². The van der Waals surface area contributed by atoms with E-state index >= 15 is 0 Å². The van der Waals surface area contributed by atoms with Crippen LogP contribution in [0.25, 0.3) is 6.08 Å². The highest BCUT2D eigenvalue weighted by atomic mass is 19.1. The molecular formula is C27H32FNO3. The third-order valence-corrected chi connectivity index (χ3v) is 7.12. The number of benzene rings is 1. The Morgan fingerprint density at radius 1 is 1.34 bits per heavy atom. The lowest BCUT2D eigenvalue weighted by atomic mass is 9.80. The van der Waals surface area contributed by atoms with E-state index in [1.807, 2.05) is 6.08 Å². The van der Waals surface area contributed by atoms with Gasteiger partial charge >= 0.3 is 6.09 Å². The van der Waals surface area contributed by atoms with Crippen molar-refractivity contribution in [2.75, 3.05) is 13.7 Å². The first kappa shape index (κ1) is 22.4. The predicted molar refractivity (Wildman–Crippen MR) is 125 cm³/mol. The van der Waals surface area contributed by atoms with Gasteiger partial charge in [-0.2, -0.15) is 0 Å². The molecule has 0 aromatic heterocycles. The van der Waals surface area contributed by atoms with Gasteiger partial charge in [-0.05, 0) is 86.6 Å². The van der Waals surface area contributed by atoms with Gasteiger partial charge in [0.25, 0.3) is 0 Å². The van der Waals surface area contributed by atoms with Crippen LogP contribution in [0.4, 0.5) is 9.18 Å². The van der Waals surface area contributed by atoms with Crippen molar-refractivity contribution >= 4 is 12.2 Å². The van der Waals surface area contributed by atoms with Crippen molar-refractivity contribution in [3.63, 3.8) is 0 Å². The molecule has 3 aliphatic rings. The number of alkyl carbamates (subject to hydrolysis) is 1. The predicted octanol–water partition coefficient (Wildman–Crippen LogP) is 6.36. The molecule has 3 atom stereocenters. The Hall–Kier alpha value is -2.82. The largest absolute Gasteiger partial charge is 0.497 e. The average molecular weight is 438 g/mol. The van der Waals surface area contributed by atoms with E-state index in [4.69, 9.17) is 9.47 Å². The van der Waals surface area contributed by atoms with E-state index in [2.05, 4.69) is 37.0 Å². The second-order valence-electron chi connectivity index (χ2n) is 9.23. The molecule has 2 saturated carbocycles. The number of cyclic esters (lactones) is 1. The number of carbonyl (C=O) groups is 1. The summed E-state index contributed by atoms with van der Waals surface area (Å²) in [5.41, 5.74) is 4.18. The van der Waals surface area contributed by atoms with Crippen LogP contribution in [-0.2, 0) is 4.74 Å². The Morgan fingerprint density at radius 2 is 2.19 bits per heavy atom. The summed E-state index contributed by atoms with van der Waals surface area (Å²) in [5, 5.41) is 3.01. The number of halogens is 1. The van der Waals surface area contributed by atoms with Crippen molar-refractivity contribution < 1.29 is 18.7 Å². The zero-order valence-corrected chi connectivity index (χ0v) is 19.0. The van der Waals surface area contributed by atoms with E-state index in [9.17, 15) is 9.18 Å². The normalized spacial score (nSPS) is 30.3. The van der Waals surface area contributed by atoms with Gasteiger partial charge in [0.1, 0.15) is 18.2 Å². The summed E-state index contributed by atoms with van der Waals surface area (Å²) >= 11 is 0. The van der Waals surface area contributed by atoms with E-state index in [0.29, 0.717) is 29.8 Å². The van der Waals surface area contributed by atoms with Crippen molar-refractivity contribution in [2.45, 2.75) is 51.0 Å². The first-order chi connectivity index (χ1) is 15.4. The van der Waals surface area contributed by atoms with E-state index in [1.54, 1.807) is 19.2 Å². The Labute approximate surface area is 189 Å². The summed E-state index contributed by atoms with van der Waals surface area (Å²) in [7, 11) is 1.59. The monoisotopic (exact) mass is 437 g/mol. The minimum Gasteiger partial charge on any atom is -0.497 e. The third-order valence-electron chi connectivity index (χ3n) is 7.12. The zero-order valence-electron chi connectivity index (χ0n) is 19.0.